The molecule has 0 saturated heterocycles. The zero-order valence-electron chi connectivity index (χ0n) is 9.08. The van der Waals surface area contributed by atoms with Gasteiger partial charge in [0.1, 0.15) is 5.75 Å². The third kappa shape index (κ3) is 2.72. The van der Waals surface area contributed by atoms with Gasteiger partial charge in [-0.15, -0.1) is 0 Å². The van der Waals surface area contributed by atoms with Crippen molar-refractivity contribution in [3.05, 3.63) is 29.3 Å². The first-order valence-electron chi connectivity index (χ1n) is 4.68. The lowest BCUT2D eigenvalue weighted by Crippen LogP contribution is -2.12. The molecular formula is C11H18N2O. The van der Waals surface area contributed by atoms with Crippen LogP contribution < -0.4 is 10.5 Å². The van der Waals surface area contributed by atoms with Crippen molar-refractivity contribution in [2.45, 2.75) is 13.1 Å². The van der Waals surface area contributed by atoms with E-state index in [2.05, 4.69) is 11.0 Å². The van der Waals surface area contributed by atoms with Gasteiger partial charge in [0.05, 0.1) is 7.11 Å². The number of rotatable bonds is 4. The molecule has 0 aromatic heterocycles. The van der Waals surface area contributed by atoms with E-state index in [0.29, 0.717) is 6.54 Å². The molecule has 0 fully saturated rings. The Kier molecular flexibility index (Phi) is 3.92. The number of ether oxygens (including phenoxy) is 1. The predicted octanol–water partition coefficient (Wildman–Crippen LogP) is 1.22. The molecule has 0 aliphatic carbocycles. The number of hydrogen-bond donors (Lipinski definition) is 1. The molecule has 1 rings (SSSR count). The maximum absolute atomic E-state index is 5.59. The Hall–Kier alpha value is -1.06. The maximum Gasteiger partial charge on any atom is 0.123 e. The Balaban J connectivity index is 2.96. The van der Waals surface area contributed by atoms with Crippen molar-refractivity contribution in [3.63, 3.8) is 0 Å². The monoisotopic (exact) mass is 194 g/mol. The first kappa shape index (κ1) is 11.0. The van der Waals surface area contributed by atoms with Crippen molar-refractivity contribution in [1.82, 2.24) is 4.90 Å². The predicted molar refractivity (Wildman–Crippen MR) is 58.3 cm³/mol. The molecule has 0 heterocycles. The molecule has 0 amide bonds. The zero-order chi connectivity index (χ0) is 10.6. The van der Waals surface area contributed by atoms with Crippen LogP contribution in [0.5, 0.6) is 5.75 Å². The molecule has 0 unspecified atom stereocenters. The van der Waals surface area contributed by atoms with E-state index in [-0.39, 0.29) is 0 Å². The first-order chi connectivity index (χ1) is 6.67. The van der Waals surface area contributed by atoms with Gasteiger partial charge in [-0.05, 0) is 31.8 Å². The van der Waals surface area contributed by atoms with Gasteiger partial charge in [0.25, 0.3) is 0 Å². The van der Waals surface area contributed by atoms with Gasteiger partial charge in [0.2, 0.25) is 0 Å². The second-order valence-electron chi connectivity index (χ2n) is 3.59. The van der Waals surface area contributed by atoms with Crippen LogP contribution in [0.3, 0.4) is 0 Å². The smallest absolute Gasteiger partial charge is 0.123 e. The average molecular weight is 194 g/mol. The van der Waals surface area contributed by atoms with Crippen molar-refractivity contribution < 1.29 is 4.74 Å². The Bertz CT molecular complexity index is 297. The molecule has 3 heteroatoms. The highest BCUT2D eigenvalue weighted by molar-refractivity contribution is 5.37. The quantitative estimate of drug-likeness (QED) is 0.783. The van der Waals surface area contributed by atoms with Crippen molar-refractivity contribution in [3.8, 4) is 5.75 Å². The van der Waals surface area contributed by atoms with Crippen LogP contribution in [0, 0.1) is 0 Å². The largest absolute Gasteiger partial charge is 0.496 e. The normalized spacial score (nSPS) is 10.6. The molecule has 0 bridgehead atoms. The molecular weight excluding hydrogens is 176 g/mol. The van der Waals surface area contributed by atoms with E-state index in [1.54, 1.807) is 7.11 Å². The highest BCUT2D eigenvalue weighted by atomic mass is 16.5. The van der Waals surface area contributed by atoms with Crippen LogP contribution in [0.15, 0.2) is 18.2 Å². The van der Waals surface area contributed by atoms with Crippen LogP contribution in [-0.4, -0.2) is 26.1 Å². The lowest BCUT2D eigenvalue weighted by Gasteiger charge is -2.14. The molecule has 0 saturated carbocycles. The Morgan fingerprint density at radius 3 is 2.57 bits per heavy atom. The fourth-order valence-electron chi connectivity index (χ4n) is 1.42. The third-order valence-corrected chi connectivity index (χ3v) is 2.07. The second kappa shape index (κ2) is 4.98. The SMILES string of the molecule is COc1ccc(CN)cc1CN(C)C. The van der Waals surface area contributed by atoms with Crippen LogP contribution in [0.25, 0.3) is 0 Å². The van der Waals surface area contributed by atoms with Crippen molar-refractivity contribution in [1.29, 1.82) is 0 Å². The molecule has 0 atom stereocenters. The number of benzene rings is 1. The van der Waals surface area contributed by atoms with E-state index in [4.69, 9.17) is 10.5 Å². The number of methoxy groups -OCH3 is 1. The van der Waals surface area contributed by atoms with Crippen molar-refractivity contribution >= 4 is 0 Å². The summed E-state index contributed by atoms with van der Waals surface area (Å²) in [6, 6.07) is 6.07. The van der Waals surface area contributed by atoms with E-state index in [1.807, 2.05) is 26.2 Å². The Labute approximate surface area is 85.5 Å². The van der Waals surface area contributed by atoms with Gasteiger partial charge in [-0.2, -0.15) is 0 Å². The van der Waals surface area contributed by atoms with Gasteiger partial charge in [-0.1, -0.05) is 6.07 Å². The van der Waals surface area contributed by atoms with Gasteiger partial charge >= 0.3 is 0 Å². The summed E-state index contributed by atoms with van der Waals surface area (Å²) in [5.41, 5.74) is 7.91. The van der Waals surface area contributed by atoms with Crippen molar-refractivity contribution in [2.24, 2.45) is 5.73 Å². The third-order valence-electron chi connectivity index (χ3n) is 2.07. The number of hydrogen-bond acceptors (Lipinski definition) is 3. The van der Waals surface area contributed by atoms with Gasteiger partial charge in [-0.3, -0.25) is 0 Å². The minimum absolute atomic E-state index is 0.574. The minimum Gasteiger partial charge on any atom is -0.496 e. The highest BCUT2D eigenvalue weighted by Gasteiger charge is 2.04. The second-order valence-corrected chi connectivity index (χ2v) is 3.59. The summed E-state index contributed by atoms with van der Waals surface area (Å²) >= 11 is 0. The summed E-state index contributed by atoms with van der Waals surface area (Å²) in [4.78, 5) is 2.11. The summed E-state index contributed by atoms with van der Waals surface area (Å²) in [7, 11) is 5.76. The van der Waals surface area contributed by atoms with E-state index < -0.39 is 0 Å². The van der Waals surface area contributed by atoms with E-state index in [1.165, 1.54) is 5.56 Å². The molecule has 1 aromatic carbocycles. The molecule has 0 aliphatic heterocycles. The standard InChI is InChI=1S/C11H18N2O/c1-13(2)8-10-6-9(7-12)4-5-11(10)14-3/h4-6H,7-8,12H2,1-3H3. The van der Waals surface area contributed by atoms with Crippen LogP contribution >= 0.6 is 0 Å². The van der Waals surface area contributed by atoms with Gasteiger partial charge in [0, 0.05) is 18.7 Å². The lowest BCUT2D eigenvalue weighted by molar-refractivity contribution is 0.371. The summed E-state index contributed by atoms with van der Waals surface area (Å²) in [6.45, 7) is 1.45. The van der Waals surface area contributed by atoms with E-state index in [9.17, 15) is 0 Å². The van der Waals surface area contributed by atoms with Crippen LogP contribution in [0.2, 0.25) is 0 Å². The van der Waals surface area contributed by atoms with Gasteiger partial charge in [0.15, 0.2) is 0 Å². The first-order valence-corrected chi connectivity index (χ1v) is 4.68. The fraction of sp³-hybridized carbons (Fsp3) is 0.455. The summed E-state index contributed by atoms with van der Waals surface area (Å²) in [5, 5.41) is 0. The fourth-order valence-corrected chi connectivity index (χ4v) is 1.42. The van der Waals surface area contributed by atoms with E-state index >= 15 is 0 Å². The molecule has 3 nitrogen and oxygen atoms in total. The van der Waals surface area contributed by atoms with Gasteiger partial charge in [-0.25, -0.2) is 0 Å². The van der Waals surface area contributed by atoms with Crippen LogP contribution in [0.1, 0.15) is 11.1 Å². The number of nitrogens with two attached hydrogens (primary N) is 1. The van der Waals surface area contributed by atoms with Crippen LogP contribution in [0.4, 0.5) is 0 Å². The summed E-state index contributed by atoms with van der Waals surface area (Å²) in [6.07, 6.45) is 0. The lowest BCUT2D eigenvalue weighted by atomic mass is 10.1. The molecule has 0 radical (unpaired) electrons. The number of nitrogens with zero attached hydrogens (tertiary/aromatic N) is 1. The molecule has 14 heavy (non-hydrogen) atoms. The zero-order valence-corrected chi connectivity index (χ0v) is 9.08. The minimum atomic E-state index is 0.574. The molecule has 0 spiro atoms. The summed E-state index contributed by atoms with van der Waals surface area (Å²) < 4.78 is 5.28. The van der Waals surface area contributed by atoms with Crippen molar-refractivity contribution in [2.75, 3.05) is 21.2 Å². The Morgan fingerprint density at radius 2 is 2.07 bits per heavy atom. The Morgan fingerprint density at radius 1 is 1.36 bits per heavy atom. The molecule has 1 aromatic rings. The van der Waals surface area contributed by atoms with E-state index in [0.717, 1.165) is 17.9 Å². The topological polar surface area (TPSA) is 38.5 Å². The molecule has 0 aliphatic rings. The van der Waals surface area contributed by atoms with Gasteiger partial charge < -0.3 is 15.4 Å². The highest BCUT2D eigenvalue weighted by Crippen LogP contribution is 2.20. The maximum atomic E-state index is 5.59. The summed E-state index contributed by atoms with van der Waals surface area (Å²) in [5.74, 6) is 0.927. The van der Waals surface area contributed by atoms with Crippen LogP contribution in [-0.2, 0) is 13.1 Å². The molecule has 2 N–H and O–H groups in total. The molecule has 78 valence electrons. The average Bonchev–Trinajstić information content (AvgIpc) is 2.16.